The largest absolute Gasteiger partial charge is 0.495 e. The van der Waals surface area contributed by atoms with Gasteiger partial charge in [-0.15, -0.1) is 0 Å². The zero-order chi connectivity index (χ0) is 37.1. The van der Waals surface area contributed by atoms with Crippen molar-refractivity contribution in [3.8, 4) is 5.75 Å². The fourth-order valence-electron chi connectivity index (χ4n) is 6.61. The number of esters is 1. The molecule has 4 bridgehead atoms. The van der Waals surface area contributed by atoms with Crippen molar-refractivity contribution in [2.75, 3.05) is 33.2 Å². The Morgan fingerprint density at radius 3 is 2.60 bits per heavy atom. The van der Waals surface area contributed by atoms with E-state index in [1.54, 1.807) is 52.1 Å². The number of carbonyl (C=O) groups excluding carboxylic acids is 4. The summed E-state index contributed by atoms with van der Waals surface area (Å²) in [5.74, 6) is -1.49. The van der Waals surface area contributed by atoms with Crippen LogP contribution in [0.3, 0.4) is 0 Å². The number of alkyl carbamates (subject to hydrolysis) is 1. The van der Waals surface area contributed by atoms with Crippen LogP contribution in [0.4, 0.5) is 10.5 Å². The van der Waals surface area contributed by atoms with Crippen molar-refractivity contribution < 1.29 is 48.0 Å². The highest BCUT2D eigenvalue weighted by atomic mass is 35.5. The van der Waals surface area contributed by atoms with Crippen molar-refractivity contribution in [1.82, 2.24) is 10.2 Å². The highest BCUT2D eigenvalue weighted by molar-refractivity contribution is 6.35. The Labute approximate surface area is 298 Å². The van der Waals surface area contributed by atoms with Gasteiger partial charge in [0.1, 0.15) is 40.7 Å². The van der Waals surface area contributed by atoms with Gasteiger partial charge in [0, 0.05) is 40.0 Å². The predicted octanol–water partition coefficient (Wildman–Crippen LogP) is 4.31. The van der Waals surface area contributed by atoms with Gasteiger partial charge >= 0.3 is 12.1 Å². The van der Waals surface area contributed by atoms with Gasteiger partial charge < -0.3 is 38.6 Å². The van der Waals surface area contributed by atoms with E-state index in [0.717, 1.165) is 11.1 Å². The zero-order valence-electron chi connectivity index (χ0n) is 30.3. The number of hydrogen-bond donors (Lipinski definition) is 2. The number of hydrogen-bond acceptors (Lipinski definition) is 10. The number of likely N-dealkylation sites (N-methyl/N-ethyl adjacent to an activating group) is 1. The number of epoxide rings is 1. The van der Waals surface area contributed by atoms with Gasteiger partial charge in [-0.2, -0.15) is 0 Å². The molecule has 276 valence electrons. The summed E-state index contributed by atoms with van der Waals surface area (Å²) in [6.07, 6.45) is 1.91. The molecule has 0 aliphatic carbocycles. The van der Waals surface area contributed by atoms with E-state index in [4.69, 9.17) is 35.3 Å². The summed E-state index contributed by atoms with van der Waals surface area (Å²) in [7, 11) is 6.03. The van der Waals surface area contributed by atoms with Crippen LogP contribution in [0.5, 0.6) is 5.75 Å². The fourth-order valence-corrected chi connectivity index (χ4v) is 6.92. The number of rotatable bonds is 7. The molecule has 2 saturated heterocycles. The van der Waals surface area contributed by atoms with Crippen molar-refractivity contribution in [2.24, 2.45) is 5.92 Å². The topological polar surface area (TPSA) is 156 Å². The molecule has 8 atom stereocenters. The molecule has 1 aromatic carbocycles. The van der Waals surface area contributed by atoms with Gasteiger partial charge in [0.05, 0.1) is 25.3 Å². The Morgan fingerprint density at radius 2 is 1.96 bits per heavy atom. The molecule has 0 radical (unpaired) electrons. The van der Waals surface area contributed by atoms with Crippen LogP contribution in [0.1, 0.15) is 65.9 Å². The van der Waals surface area contributed by atoms with E-state index < -0.39 is 65.7 Å². The number of fused-ring (bicyclic) bond motifs is 5. The number of amides is 3. The van der Waals surface area contributed by atoms with Crippen molar-refractivity contribution in [3.63, 3.8) is 0 Å². The van der Waals surface area contributed by atoms with Crippen LogP contribution in [0.25, 0.3) is 0 Å². The first-order valence-electron chi connectivity index (χ1n) is 16.8. The van der Waals surface area contributed by atoms with Crippen LogP contribution in [0.15, 0.2) is 35.9 Å². The molecule has 2 fully saturated rings. The summed E-state index contributed by atoms with van der Waals surface area (Å²) in [5.41, 5.74) is -0.868. The Bertz CT molecular complexity index is 1530. The van der Waals surface area contributed by atoms with Crippen LogP contribution >= 0.6 is 11.6 Å². The van der Waals surface area contributed by atoms with Gasteiger partial charge in [-0.1, -0.05) is 49.2 Å². The minimum absolute atomic E-state index is 0.0426. The van der Waals surface area contributed by atoms with E-state index in [2.05, 4.69) is 5.32 Å². The van der Waals surface area contributed by atoms with Gasteiger partial charge in [-0.05, 0) is 51.3 Å². The lowest BCUT2D eigenvalue weighted by Crippen LogP contribution is -2.63. The second kappa shape index (κ2) is 15.7. The number of methoxy groups -OCH3 is 2. The lowest BCUT2D eigenvalue weighted by atomic mass is 9.83. The van der Waals surface area contributed by atoms with Crippen LogP contribution in [-0.2, 0) is 39.8 Å². The molecule has 1 aromatic rings. The van der Waals surface area contributed by atoms with Gasteiger partial charge in [-0.25, -0.2) is 9.59 Å². The SMILES string of the molecule is CCCC(=O)N(C)[C@@H](C)C(=O)O[C@H]1CC(=O)N(C)c2cc(cc(OC)c2Cl)C/C(C)=C/C=C/[C@@H](OC)[C@@]2(O)C[C@H](OC(=O)N2)[C@@H](C)[C@@H]2O[C@]12C. The van der Waals surface area contributed by atoms with Gasteiger partial charge in [0.25, 0.3) is 0 Å². The molecule has 0 aromatic heterocycles. The Kier molecular flexibility index (Phi) is 12.3. The Balaban J connectivity index is 1.78. The lowest BCUT2D eigenvalue weighted by Gasteiger charge is -2.42. The van der Waals surface area contributed by atoms with Crippen LogP contribution in [0, 0.1) is 5.92 Å². The van der Waals surface area contributed by atoms with E-state index in [1.165, 1.54) is 31.1 Å². The normalized spacial score (nSPS) is 32.3. The summed E-state index contributed by atoms with van der Waals surface area (Å²) in [4.78, 5) is 55.7. The first-order chi connectivity index (χ1) is 23.5. The minimum Gasteiger partial charge on any atom is -0.495 e. The maximum absolute atomic E-state index is 14.0. The molecule has 3 aliphatic rings. The third kappa shape index (κ3) is 8.28. The molecule has 3 amide bonds. The Morgan fingerprint density at radius 1 is 1.26 bits per heavy atom. The summed E-state index contributed by atoms with van der Waals surface area (Å²) in [6.45, 7) is 8.88. The number of aliphatic hydroxyl groups is 1. The summed E-state index contributed by atoms with van der Waals surface area (Å²) >= 11 is 6.74. The van der Waals surface area contributed by atoms with Crippen molar-refractivity contribution in [2.45, 2.75) is 109 Å². The number of ether oxygens (including phenoxy) is 5. The zero-order valence-corrected chi connectivity index (χ0v) is 31.0. The molecule has 4 rings (SSSR count). The molecule has 2 N–H and O–H groups in total. The summed E-state index contributed by atoms with van der Waals surface area (Å²) in [5, 5.41) is 14.4. The van der Waals surface area contributed by atoms with Gasteiger partial charge in [0.15, 0.2) is 5.72 Å². The molecule has 0 saturated carbocycles. The lowest BCUT2D eigenvalue weighted by molar-refractivity contribution is -0.162. The van der Waals surface area contributed by atoms with Crippen LogP contribution in [0.2, 0.25) is 5.02 Å². The van der Waals surface area contributed by atoms with E-state index in [1.807, 2.05) is 19.9 Å². The first kappa shape index (κ1) is 39.1. The smallest absolute Gasteiger partial charge is 0.409 e. The van der Waals surface area contributed by atoms with E-state index in [9.17, 15) is 24.3 Å². The molecule has 0 spiro atoms. The minimum atomic E-state index is -1.82. The second-order valence-corrected chi connectivity index (χ2v) is 14.0. The number of halogens is 1. The number of allylic oxidation sites excluding steroid dienone is 3. The standard InChI is InChI=1S/C36H50ClN3O10/c1-10-12-29(41)39(6)22(4)33(43)49-28-18-30(42)40(7)24-16-23(17-25(46-8)31(24)37)15-20(2)13-11-14-27(47-9)36(45)19-26(48-34(44)38-36)21(3)32-35(28,5)50-32/h11,13-14,16-17,21-22,26-28,32,45H,10,12,15,18-19H2,1-9H3,(H,38,44)/b14-11+,20-13+/t21-,22+,26+,27-,28+,32+,35-,36+/m1/s1. The molecule has 14 heteroatoms. The van der Waals surface area contributed by atoms with E-state index in [0.29, 0.717) is 24.3 Å². The van der Waals surface area contributed by atoms with Crippen LogP contribution < -0.4 is 15.0 Å². The van der Waals surface area contributed by atoms with Crippen molar-refractivity contribution in [1.29, 1.82) is 0 Å². The second-order valence-electron chi connectivity index (χ2n) is 13.7. The predicted molar refractivity (Wildman–Crippen MR) is 186 cm³/mol. The molecular formula is C36H50ClN3O10. The van der Waals surface area contributed by atoms with E-state index in [-0.39, 0.29) is 30.2 Å². The maximum Gasteiger partial charge on any atom is 0.409 e. The number of nitrogens with zero attached hydrogens (tertiary/aromatic N) is 2. The van der Waals surface area contributed by atoms with Crippen molar-refractivity contribution in [3.05, 3.63) is 46.5 Å². The highest BCUT2D eigenvalue weighted by Crippen LogP contribution is 2.49. The van der Waals surface area contributed by atoms with Gasteiger partial charge in [-0.3, -0.25) is 14.9 Å². The average Bonchev–Trinajstić information content (AvgIpc) is 3.76. The van der Waals surface area contributed by atoms with E-state index >= 15 is 0 Å². The molecule has 3 heterocycles. The number of benzene rings is 1. The molecule has 0 unspecified atom stereocenters. The number of anilines is 1. The molecule has 3 aliphatic heterocycles. The summed E-state index contributed by atoms with van der Waals surface area (Å²) < 4.78 is 29.1. The van der Waals surface area contributed by atoms with Crippen LogP contribution in [-0.4, -0.2) is 104 Å². The summed E-state index contributed by atoms with van der Waals surface area (Å²) in [6, 6.07) is 2.65. The molecular weight excluding hydrogens is 670 g/mol. The molecule has 13 nitrogen and oxygen atoms in total. The van der Waals surface area contributed by atoms with Crippen molar-refractivity contribution >= 4 is 41.2 Å². The molecule has 50 heavy (non-hydrogen) atoms. The highest BCUT2D eigenvalue weighted by Gasteiger charge is 2.64. The third-order valence-electron chi connectivity index (χ3n) is 9.99. The quantitative estimate of drug-likeness (QED) is 0.308. The fraction of sp³-hybridized carbons (Fsp3) is 0.611. The number of carbonyl (C=O) groups is 4. The maximum atomic E-state index is 14.0. The monoisotopic (exact) mass is 719 g/mol. The first-order valence-corrected chi connectivity index (χ1v) is 17.2. The Hall–Kier alpha value is -3.65. The average molecular weight is 720 g/mol. The number of nitrogens with one attached hydrogen (secondary N) is 1. The third-order valence-corrected chi connectivity index (χ3v) is 10.4. The van der Waals surface area contributed by atoms with Gasteiger partial charge in [0.2, 0.25) is 11.8 Å².